The predicted molar refractivity (Wildman–Crippen MR) is 154 cm³/mol. The molecule has 1 unspecified atom stereocenters. The maximum absolute atomic E-state index is 11.4. The maximum atomic E-state index is 11.4. The van der Waals surface area contributed by atoms with Gasteiger partial charge in [-0.1, -0.05) is 6.07 Å². The van der Waals surface area contributed by atoms with Crippen LogP contribution in [0.3, 0.4) is 0 Å². The second kappa shape index (κ2) is 10.9. The van der Waals surface area contributed by atoms with E-state index in [1.54, 1.807) is 0 Å². The van der Waals surface area contributed by atoms with E-state index >= 15 is 0 Å². The van der Waals surface area contributed by atoms with Crippen LogP contribution in [0.5, 0.6) is 0 Å². The van der Waals surface area contributed by atoms with E-state index < -0.39 is 0 Å². The quantitative estimate of drug-likeness (QED) is 0.252. The summed E-state index contributed by atoms with van der Waals surface area (Å²) in [6, 6.07) is 16.6. The minimum absolute atomic E-state index is 0.230. The third-order valence-electron chi connectivity index (χ3n) is 8.50. The van der Waals surface area contributed by atoms with Crippen LogP contribution in [-0.4, -0.2) is 60.9 Å². The Bertz CT molecular complexity index is 1640. The van der Waals surface area contributed by atoms with Gasteiger partial charge in [0.25, 0.3) is 0 Å². The molecule has 2 aliphatic heterocycles. The number of benzene rings is 1. The zero-order chi connectivity index (χ0) is 26.9. The average Bonchev–Trinajstić information content (AvgIpc) is 3.57. The molecule has 204 valence electrons. The van der Waals surface area contributed by atoms with Gasteiger partial charge >= 0.3 is 0 Å². The van der Waals surface area contributed by atoms with Crippen molar-refractivity contribution in [3.05, 3.63) is 95.5 Å². The molecule has 0 spiro atoms. The molecule has 6 heterocycles. The Morgan fingerprint density at radius 1 is 0.975 bits per heavy atom. The number of pyridine rings is 2. The van der Waals surface area contributed by atoms with Crippen molar-refractivity contribution in [2.45, 2.75) is 57.2 Å². The lowest BCUT2D eigenvalue weighted by Crippen LogP contribution is -2.35. The van der Waals surface area contributed by atoms with Crippen LogP contribution >= 0.6 is 0 Å². The molecular formula is C32H34N6O2. The summed E-state index contributed by atoms with van der Waals surface area (Å²) in [4.78, 5) is 28.4. The predicted octanol–water partition coefficient (Wildman–Crippen LogP) is 4.85. The molecule has 0 bridgehead atoms. The number of piperidine rings is 1. The number of aromatic nitrogens is 5. The van der Waals surface area contributed by atoms with E-state index in [2.05, 4.69) is 51.0 Å². The van der Waals surface area contributed by atoms with Crippen molar-refractivity contribution >= 4 is 23.0 Å². The number of carbonyl (C=O) groups is 1. The van der Waals surface area contributed by atoms with E-state index in [0.29, 0.717) is 11.5 Å². The molecule has 0 aliphatic carbocycles. The van der Waals surface area contributed by atoms with E-state index in [1.807, 2.05) is 35.0 Å². The molecule has 4 aromatic heterocycles. The molecule has 2 aliphatic rings. The van der Waals surface area contributed by atoms with Gasteiger partial charge in [0.2, 0.25) is 0 Å². The number of ether oxygens (including phenoxy) is 1. The molecule has 8 nitrogen and oxygen atoms in total. The van der Waals surface area contributed by atoms with Gasteiger partial charge in [0.1, 0.15) is 17.8 Å². The maximum Gasteiger partial charge on any atom is 0.150 e. The van der Waals surface area contributed by atoms with Gasteiger partial charge in [-0.25, -0.2) is 9.97 Å². The van der Waals surface area contributed by atoms with Crippen LogP contribution < -0.4 is 0 Å². The zero-order valence-corrected chi connectivity index (χ0v) is 22.7. The Morgan fingerprint density at radius 2 is 1.88 bits per heavy atom. The molecule has 0 N–H and O–H groups in total. The first-order chi connectivity index (χ1) is 19.7. The number of hydrogen-bond acceptors (Lipinski definition) is 6. The second-order valence-electron chi connectivity index (χ2n) is 11.1. The van der Waals surface area contributed by atoms with Crippen LogP contribution in [-0.2, 0) is 30.7 Å². The van der Waals surface area contributed by atoms with Crippen LogP contribution in [0.2, 0.25) is 0 Å². The Morgan fingerprint density at radius 3 is 2.70 bits per heavy atom. The van der Waals surface area contributed by atoms with Crippen molar-refractivity contribution in [3.8, 4) is 0 Å². The highest BCUT2D eigenvalue weighted by molar-refractivity contribution is 5.85. The molecule has 7 rings (SSSR count). The largest absolute Gasteiger partial charge is 0.376 e. The van der Waals surface area contributed by atoms with Gasteiger partial charge in [0, 0.05) is 48.1 Å². The molecule has 0 amide bonds. The first kappa shape index (κ1) is 25.1. The van der Waals surface area contributed by atoms with Gasteiger partial charge in [0.15, 0.2) is 0 Å². The minimum Gasteiger partial charge on any atom is -0.376 e. The number of aldehydes is 1. The lowest BCUT2D eigenvalue weighted by molar-refractivity contribution is -0.0592. The van der Waals surface area contributed by atoms with Gasteiger partial charge in [-0.15, -0.1) is 0 Å². The first-order valence-electron chi connectivity index (χ1n) is 14.4. The third-order valence-corrected chi connectivity index (χ3v) is 8.50. The van der Waals surface area contributed by atoms with E-state index in [1.165, 1.54) is 11.3 Å². The summed E-state index contributed by atoms with van der Waals surface area (Å²) in [6.07, 6.45) is 12.2. The normalized spacial score (nSPS) is 18.4. The van der Waals surface area contributed by atoms with Crippen LogP contribution in [0.4, 0.5) is 0 Å². The number of fused-ring (bicyclic) bond motifs is 2. The monoisotopic (exact) mass is 534 g/mol. The van der Waals surface area contributed by atoms with Crippen LogP contribution in [0, 0.1) is 0 Å². The van der Waals surface area contributed by atoms with E-state index in [0.717, 1.165) is 99.4 Å². The zero-order valence-electron chi connectivity index (χ0n) is 22.7. The lowest BCUT2D eigenvalue weighted by Gasteiger charge is -2.32. The molecule has 5 aromatic rings. The fraction of sp³-hybridized carbons (Fsp3) is 0.375. The molecule has 1 aromatic carbocycles. The fourth-order valence-electron chi connectivity index (χ4n) is 6.05. The summed E-state index contributed by atoms with van der Waals surface area (Å²) in [6.45, 7) is 4.46. The number of rotatable bonds is 9. The number of likely N-dealkylation sites (tertiary alicyclic amines) is 1. The number of imidazole rings is 2. The molecular weight excluding hydrogens is 500 g/mol. The van der Waals surface area contributed by atoms with E-state index in [-0.39, 0.29) is 6.10 Å². The molecule has 0 saturated carbocycles. The SMILES string of the molecule is O=Cc1ccc2nc(CN3CCC(c4cccc(CCc5ccn6ccnc6c5)n4)CC3)n(CC3CCO3)c2c1. The Labute approximate surface area is 233 Å². The van der Waals surface area contributed by atoms with Crippen molar-refractivity contribution in [3.63, 3.8) is 0 Å². The standard InChI is InChI=1S/C32H34N6O2/c39-22-24-5-7-29-30(18-24)38(20-27-11-17-40-27)32(35-29)21-36-13-9-25(10-14-36)28-3-1-2-26(34-28)6-4-23-8-15-37-16-12-33-31(37)19-23/h1-3,5,7-8,12,15-16,18-19,22,25,27H,4,6,9-11,13-14,17,20-21H2. The van der Waals surface area contributed by atoms with Gasteiger partial charge in [-0.2, -0.15) is 0 Å². The van der Waals surface area contributed by atoms with Gasteiger partial charge < -0.3 is 13.7 Å². The van der Waals surface area contributed by atoms with Crippen molar-refractivity contribution in [1.29, 1.82) is 0 Å². The summed E-state index contributed by atoms with van der Waals surface area (Å²) in [5.74, 6) is 1.54. The first-order valence-corrected chi connectivity index (χ1v) is 14.4. The van der Waals surface area contributed by atoms with Crippen LogP contribution in [0.15, 0.2) is 67.1 Å². The number of hydrogen-bond donors (Lipinski definition) is 0. The Hall–Kier alpha value is -3.88. The van der Waals surface area contributed by atoms with Crippen molar-refractivity contribution in [2.24, 2.45) is 0 Å². The fourth-order valence-corrected chi connectivity index (χ4v) is 6.05. The molecule has 2 fully saturated rings. The summed E-state index contributed by atoms with van der Waals surface area (Å²) >= 11 is 0. The molecule has 1 atom stereocenters. The van der Waals surface area contributed by atoms with Crippen molar-refractivity contribution in [2.75, 3.05) is 19.7 Å². The summed E-state index contributed by atoms with van der Waals surface area (Å²) in [5.41, 5.74) is 7.31. The summed E-state index contributed by atoms with van der Waals surface area (Å²) < 4.78 is 10.1. The topological polar surface area (TPSA) is 77.5 Å². The number of nitrogens with zero attached hydrogens (tertiary/aromatic N) is 6. The average molecular weight is 535 g/mol. The van der Waals surface area contributed by atoms with Gasteiger partial charge in [-0.05, 0) is 93.2 Å². The highest BCUT2D eigenvalue weighted by Crippen LogP contribution is 2.29. The van der Waals surface area contributed by atoms with E-state index in [4.69, 9.17) is 14.7 Å². The molecule has 8 heteroatoms. The molecule has 40 heavy (non-hydrogen) atoms. The Kier molecular flexibility index (Phi) is 6.87. The smallest absolute Gasteiger partial charge is 0.150 e. The second-order valence-corrected chi connectivity index (χ2v) is 11.1. The van der Waals surface area contributed by atoms with Crippen LogP contribution in [0.1, 0.15) is 58.3 Å². The van der Waals surface area contributed by atoms with Gasteiger partial charge in [-0.3, -0.25) is 14.7 Å². The van der Waals surface area contributed by atoms with Crippen molar-refractivity contribution in [1.82, 2.24) is 28.8 Å². The van der Waals surface area contributed by atoms with Gasteiger partial charge in [0.05, 0.1) is 30.2 Å². The molecule has 0 radical (unpaired) electrons. The number of carbonyl (C=O) groups excluding carboxylic acids is 1. The van der Waals surface area contributed by atoms with Crippen molar-refractivity contribution < 1.29 is 9.53 Å². The highest BCUT2D eigenvalue weighted by Gasteiger charge is 2.26. The van der Waals surface area contributed by atoms with Crippen LogP contribution in [0.25, 0.3) is 16.7 Å². The third kappa shape index (κ3) is 5.17. The summed E-state index contributed by atoms with van der Waals surface area (Å²) in [5, 5.41) is 0. The lowest BCUT2D eigenvalue weighted by atomic mass is 9.92. The molecule has 2 saturated heterocycles. The minimum atomic E-state index is 0.230. The van der Waals surface area contributed by atoms with E-state index in [9.17, 15) is 4.79 Å². The Balaban J connectivity index is 0.997. The number of aryl methyl sites for hydroxylation is 2. The highest BCUT2D eigenvalue weighted by atomic mass is 16.5. The summed E-state index contributed by atoms with van der Waals surface area (Å²) in [7, 11) is 0.